The van der Waals surface area contributed by atoms with Gasteiger partial charge >= 0.3 is 0 Å². The number of likely N-dealkylation sites (N-methyl/N-ethyl adjacent to an activating group) is 1. The molecule has 2 atom stereocenters. The number of phenolic OH excluding ortho intramolecular Hbond substituents is 1. The summed E-state index contributed by atoms with van der Waals surface area (Å²) in [5.41, 5.74) is 10.3. The van der Waals surface area contributed by atoms with Crippen molar-refractivity contribution in [1.82, 2.24) is 26.2 Å². The summed E-state index contributed by atoms with van der Waals surface area (Å²) < 4.78 is 0. The summed E-state index contributed by atoms with van der Waals surface area (Å²) in [6, 6.07) is 21.8. The van der Waals surface area contributed by atoms with Gasteiger partial charge in [-0.05, 0) is 108 Å². The Morgan fingerprint density at radius 1 is 0.883 bits per heavy atom. The fourth-order valence-electron chi connectivity index (χ4n) is 6.71. The first-order valence-corrected chi connectivity index (χ1v) is 20.2. The topological polar surface area (TPSA) is 220 Å². The lowest BCUT2D eigenvalue weighted by Crippen LogP contribution is -2.52. The number of nitrogens with two attached hydrogens (primary N) is 1. The van der Waals surface area contributed by atoms with E-state index in [9.17, 15) is 33.9 Å². The number of aliphatic hydroxyl groups excluding tert-OH is 1. The molecule has 2 unspecified atom stereocenters. The number of rotatable bonds is 12. The van der Waals surface area contributed by atoms with Crippen LogP contribution in [0.15, 0.2) is 84.9 Å². The molecular formula is C45H51ClN6O8. The minimum atomic E-state index is -1.26. The number of fused-ring (bicyclic) bond motifs is 5. The monoisotopic (exact) mass is 838 g/mol. The molecule has 60 heavy (non-hydrogen) atoms. The highest BCUT2D eigenvalue weighted by atomic mass is 35.5. The Morgan fingerprint density at radius 2 is 1.57 bits per heavy atom. The first kappa shape index (κ1) is 45.0. The molecule has 0 spiro atoms. The lowest BCUT2D eigenvalue weighted by Gasteiger charge is -2.29. The Labute approximate surface area is 353 Å². The summed E-state index contributed by atoms with van der Waals surface area (Å²) >= 11 is 6.00. The predicted octanol–water partition coefficient (Wildman–Crippen LogP) is 3.77. The number of hydrogen-bond acceptors (Lipinski definition) is 9. The summed E-state index contributed by atoms with van der Waals surface area (Å²) in [4.78, 5) is 79.9. The molecule has 4 aromatic carbocycles. The molecule has 1 fully saturated rings. The minimum absolute atomic E-state index is 0.0113. The minimum Gasteiger partial charge on any atom is -0.507 e. The van der Waals surface area contributed by atoms with Crippen LogP contribution in [0.2, 0.25) is 5.02 Å². The van der Waals surface area contributed by atoms with E-state index < -0.39 is 73.6 Å². The van der Waals surface area contributed by atoms with Gasteiger partial charge in [0.15, 0.2) is 5.78 Å². The molecule has 15 heteroatoms. The Morgan fingerprint density at radius 3 is 2.18 bits per heavy atom. The third-order valence-corrected chi connectivity index (χ3v) is 10.5. The molecule has 4 bridgehead atoms. The zero-order valence-electron chi connectivity index (χ0n) is 33.6. The highest BCUT2D eigenvalue weighted by Crippen LogP contribution is 2.47. The van der Waals surface area contributed by atoms with Gasteiger partial charge < -0.3 is 42.1 Å². The normalized spacial score (nSPS) is 16.1. The van der Waals surface area contributed by atoms with Gasteiger partial charge in [-0.25, -0.2) is 0 Å². The molecule has 8 N–H and O–H groups in total. The van der Waals surface area contributed by atoms with Gasteiger partial charge in [0, 0.05) is 29.6 Å². The van der Waals surface area contributed by atoms with Crippen LogP contribution in [0.4, 0.5) is 0 Å². The van der Waals surface area contributed by atoms with Crippen LogP contribution in [0.3, 0.4) is 0 Å². The number of phenols is 1. The van der Waals surface area contributed by atoms with Gasteiger partial charge in [-0.1, -0.05) is 67.4 Å². The van der Waals surface area contributed by atoms with Crippen LogP contribution < -0.4 is 27.0 Å². The summed E-state index contributed by atoms with van der Waals surface area (Å²) in [5.74, 6) is -3.66. The number of Topliss-reactive ketones (excluding diaryl/α,β-unsaturated/α-hetero) is 1. The third-order valence-electron chi connectivity index (χ3n) is 10.2. The summed E-state index contributed by atoms with van der Waals surface area (Å²) in [5, 5.41) is 31.0. The molecule has 1 aliphatic heterocycles. The van der Waals surface area contributed by atoms with E-state index in [1.807, 2.05) is 18.2 Å². The van der Waals surface area contributed by atoms with Gasteiger partial charge in [-0.15, -0.1) is 0 Å². The summed E-state index contributed by atoms with van der Waals surface area (Å²) in [6.45, 7) is 0.772. The van der Waals surface area contributed by atoms with Crippen molar-refractivity contribution in [3.8, 4) is 28.0 Å². The van der Waals surface area contributed by atoms with Crippen LogP contribution in [0, 0.1) is 0 Å². The molecule has 0 radical (unpaired) electrons. The van der Waals surface area contributed by atoms with Crippen LogP contribution in [-0.4, -0.2) is 96.3 Å². The van der Waals surface area contributed by atoms with Gasteiger partial charge in [0.05, 0.1) is 19.6 Å². The number of carbonyl (C=O) groups excluding carboxylic acids is 6. The Kier molecular flexibility index (Phi) is 15.9. The first-order valence-electron chi connectivity index (χ1n) is 19.9. The first-order chi connectivity index (χ1) is 28.8. The summed E-state index contributed by atoms with van der Waals surface area (Å²) in [6.07, 6.45) is 4.23. The van der Waals surface area contributed by atoms with Crippen molar-refractivity contribution in [3.63, 3.8) is 0 Å². The van der Waals surface area contributed by atoms with Gasteiger partial charge in [0.1, 0.15) is 24.4 Å². The zero-order valence-corrected chi connectivity index (χ0v) is 34.4. The maximum atomic E-state index is 13.9. The highest BCUT2D eigenvalue weighted by Gasteiger charge is 2.33. The lowest BCUT2D eigenvalue weighted by molar-refractivity contribution is -0.139. The number of halogens is 1. The van der Waals surface area contributed by atoms with Crippen LogP contribution in [0.25, 0.3) is 22.3 Å². The predicted molar refractivity (Wildman–Crippen MR) is 228 cm³/mol. The molecule has 14 nitrogen and oxygen atoms in total. The number of ketones is 1. The Bertz CT molecular complexity index is 2190. The number of unbranched alkanes of at least 4 members (excludes halogenated alkanes) is 1. The van der Waals surface area contributed by atoms with Gasteiger partial charge in [0.25, 0.3) is 5.91 Å². The lowest BCUT2D eigenvalue weighted by atomic mass is 9.90. The smallest absolute Gasteiger partial charge is 0.251 e. The Hall–Kier alpha value is -6.09. The molecule has 4 aromatic rings. The van der Waals surface area contributed by atoms with E-state index in [1.54, 1.807) is 60.7 Å². The van der Waals surface area contributed by atoms with E-state index >= 15 is 0 Å². The maximum absolute atomic E-state index is 13.9. The van der Waals surface area contributed by atoms with E-state index in [4.69, 9.17) is 22.4 Å². The number of aliphatic hydroxyl groups is 1. The number of aromatic hydroxyl groups is 1. The zero-order chi connectivity index (χ0) is 43.3. The van der Waals surface area contributed by atoms with Gasteiger partial charge in [0.2, 0.25) is 23.6 Å². The number of nitrogens with one attached hydrogen (secondary N) is 4. The molecule has 1 saturated carbocycles. The van der Waals surface area contributed by atoms with E-state index in [2.05, 4.69) is 28.2 Å². The fraction of sp³-hybridized carbons (Fsp3) is 0.333. The summed E-state index contributed by atoms with van der Waals surface area (Å²) in [7, 11) is 1.42. The average molecular weight is 839 g/mol. The number of carbonyl (C=O) groups is 6. The maximum Gasteiger partial charge on any atom is 0.251 e. The number of benzene rings is 4. The van der Waals surface area contributed by atoms with E-state index in [1.165, 1.54) is 30.9 Å². The Balaban J connectivity index is 0.00000129. The van der Waals surface area contributed by atoms with Crippen LogP contribution >= 0.6 is 11.6 Å². The standard InChI is InChI=1S/C41H40ClN5O8.C4H11N/c1-47(37(52)21-45-39(53)27-7-3-24(4-8-27)25-9-12-29(42)13-10-25)38-28-11-14-31(26-5-6-26)32(18-28)33-16-23(2-15-35(33)50)17-34(40(54)43-19-30(49)22-48)46-36(51)20-44-41(38)55;1-2-3-4-5/h2-4,7-16,18,26,34,38,48,50H,5-6,17,19-22H2,1H3,(H,43,54)(H,44,55)(H,45,53)(H,46,51);2-5H2,1H3. The van der Waals surface area contributed by atoms with Crippen molar-refractivity contribution in [3.05, 3.63) is 112 Å². The number of amides is 5. The van der Waals surface area contributed by atoms with Crippen molar-refractivity contribution in [1.29, 1.82) is 0 Å². The second-order valence-electron chi connectivity index (χ2n) is 14.7. The molecule has 316 valence electrons. The van der Waals surface area contributed by atoms with Gasteiger partial charge in [-0.3, -0.25) is 28.8 Å². The third kappa shape index (κ3) is 12.0. The van der Waals surface area contributed by atoms with Crippen LogP contribution in [0.5, 0.6) is 5.75 Å². The van der Waals surface area contributed by atoms with E-state index in [0.29, 0.717) is 32.8 Å². The van der Waals surface area contributed by atoms with Crippen molar-refractivity contribution < 1.29 is 39.0 Å². The van der Waals surface area contributed by atoms with Crippen molar-refractivity contribution in [2.24, 2.45) is 5.73 Å². The van der Waals surface area contributed by atoms with Crippen molar-refractivity contribution in [2.45, 2.75) is 57.0 Å². The number of hydrogen-bond donors (Lipinski definition) is 7. The fourth-order valence-corrected chi connectivity index (χ4v) is 6.84. The van der Waals surface area contributed by atoms with E-state index in [-0.39, 0.29) is 18.1 Å². The average Bonchev–Trinajstić information content (AvgIpc) is 4.10. The second-order valence-corrected chi connectivity index (χ2v) is 15.2. The molecule has 0 aromatic heterocycles. The molecule has 0 saturated heterocycles. The molecule has 1 aliphatic carbocycles. The largest absolute Gasteiger partial charge is 0.507 e. The quantitative estimate of drug-likeness (QED) is 0.110. The van der Waals surface area contributed by atoms with Crippen LogP contribution in [0.1, 0.15) is 71.6 Å². The van der Waals surface area contributed by atoms with Gasteiger partial charge in [-0.2, -0.15) is 0 Å². The molecule has 2 aliphatic rings. The van der Waals surface area contributed by atoms with Crippen molar-refractivity contribution >= 4 is 46.9 Å². The molecular weight excluding hydrogens is 788 g/mol. The van der Waals surface area contributed by atoms with Crippen LogP contribution in [-0.2, 0) is 30.4 Å². The molecule has 1 heterocycles. The van der Waals surface area contributed by atoms with Crippen molar-refractivity contribution in [2.75, 3.05) is 39.8 Å². The molecule has 5 amide bonds. The number of nitrogens with zero attached hydrogens (tertiary/aromatic N) is 1. The van der Waals surface area contributed by atoms with E-state index in [0.717, 1.165) is 36.1 Å². The SMILES string of the molecule is CCCCN.CN(C(=O)CNC(=O)c1ccc(-c2ccc(Cl)cc2)cc1)C1C(=O)NCC(=O)NC(C(=O)NCC(=O)CO)Cc2ccc(O)c(c2)-c2cc1ccc2C1CC1. The molecule has 6 rings (SSSR count). The second kappa shape index (κ2) is 21.3. The highest BCUT2D eigenvalue weighted by molar-refractivity contribution is 6.30.